The minimum absolute atomic E-state index is 0.0707. The summed E-state index contributed by atoms with van der Waals surface area (Å²) >= 11 is 0. The second kappa shape index (κ2) is 9.56. The van der Waals surface area contributed by atoms with Gasteiger partial charge in [-0.1, -0.05) is 31.5 Å². The first-order chi connectivity index (χ1) is 12.6. The molecule has 0 radical (unpaired) electrons. The van der Waals surface area contributed by atoms with E-state index < -0.39 is 5.91 Å². The van der Waals surface area contributed by atoms with E-state index >= 15 is 0 Å². The molecule has 0 bridgehead atoms. The van der Waals surface area contributed by atoms with Crippen molar-refractivity contribution >= 4 is 17.8 Å². The maximum atomic E-state index is 13.1. The van der Waals surface area contributed by atoms with Crippen molar-refractivity contribution in [3.63, 3.8) is 0 Å². The molecule has 1 heterocycles. The quantitative estimate of drug-likeness (QED) is 0.789. The van der Waals surface area contributed by atoms with Crippen molar-refractivity contribution in [2.24, 2.45) is 5.73 Å². The number of nitrogens with zero attached hydrogens (tertiary/aromatic N) is 3. The third-order valence-corrected chi connectivity index (χ3v) is 4.17. The Bertz CT molecular complexity index is 716. The summed E-state index contributed by atoms with van der Waals surface area (Å²) in [6, 6.07) is 12.4. The number of hydrogen-bond donors (Lipinski definition) is 1. The van der Waals surface area contributed by atoms with Gasteiger partial charge in [-0.3, -0.25) is 9.69 Å². The zero-order valence-corrected chi connectivity index (χ0v) is 15.4. The molecule has 0 saturated heterocycles. The number of hydrogen-bond acceptors (Lipinski definition) is 3. The fraction of sp³-hybridized carbons (Fsp3) is 0.350. The number of amides is 3. The first-order valence-corrected chi connectivity index (χ1v) is 8.93. The van der Waals surface area contributed by atoms with Gasteiger partial charge in [-0.15, -0.1) is 0 Å². The fourth-order valence-corrected chi connectivity index (χ4v) is 2.63. The van der Waals surface area contributed by atoms with E-state index in [1.54, 1.807) is 23.2 Å². The Labute approximate surface area is 154 Å². The van der Waals surface area contributed by atoms with E-state index in [2.05, 4.69) is 11.9 Å². The van der Waals surface area contributed by atoms with Crippen LogP contribution in [0.25, 0.3) is 0 Å². The van der Waals surface area contributed by atoms with Gasteiger partial charge in [-0.2, -0.15) is 0 Å². The predicted molar refractivity (Wildman–Crippen MR) is 103 cm³/mol. The molecular weight excluding hydrogens is 328 g/mol. The van der Waals surface area contributed by atoms with Crippen molar-refractivity contribution in [3.8, 4) is 0 Å². The summed E-state index contributed by atoms with van der Waals surface area (Å²) in [6.45, 7) is 5.82. The number of unbranched alkanes of at least 4 members (excludes halogenated alkanes) is 1. The van der Waals surface area contributed by atoms with Crippen LogP contribution in [0.1, 0.15) is 42.6 Å². The Morgan fingerprint density at radius 1 is 1.08 bits per heavy atom. The van der Waals surface area contributed by atoms with E-state index in [1.165, 1.54) is 0 Å². The molecule has 2 rings (SSSR count). The Hall–Kier alpha value is -2.89. The van der Waals surface area contributed by atoms with Crippen LogP contribution in [0.5, 0.6) is 0 Å². The lowest BCUT2D eigenvalue weighted by molar-refractivity contribution is 0.1000. The summed E-state index contributed by atoms with van der Waals surface area (Å²) in [4.78, 5) is 32.2. The molecule has 6 heteroatoms. The zero-order valence-electron chi connectivity index (χ0n) is 15.4. The molecule has 0 saturated carbocycles. The molecule has 2 N–H and O–H groups in total. The topological polar surface area (TPSA) is 79.5 Å². The zero-order chi connectivity index (χ0) is 18.9. The van der Waals surface area contributed by atoms with Crippen LogP contribution in [0.4, 0.5) is 10.6 Å². The van der Waals surface area contributed by atoms with Gasteiger partial charge in [0.15, 0.2) is 0 Å². The van der Waals surface area contributed by atoms with Gasteiger partial charge in [0, 0.05) is 24.8 Å². The molecule has 2 aromatic rings. The van der Waals surface area contributed by atoms with Gasteiger partial charge in [0.25, 0.3) is 0 Å². The SMILES string of the molecule is CCCCN(CC)C(=O)N(Cc1ccc(C(N)=O)cc1)c1ccccn1. The summed E-state index contributed by atoms with van der Waals surface area (Å²) in [6.07, 6.45) is 3.67. The third kappa shape index (κ3) is 5.05. The number of carbonyl (C=O) groups is 2. The highest BCUT2D eigenvalue weighted by Crippen LogP contribution is 2.17. The second-order valence-electron chi connectivity index (χ2n) is 6.05. The number of anilines is 1. The van der Waals surface area contributed by atoms with Crippen molar-refractivity contribution < 1.29 is 9.59 Å². The van der Waals surface area contributed by atoms with Crippen LogP contribution in [0.15, 0.2) is 48.7 Å². The van der Waals surface area contributed by atoms with E-state index in [4.69, 9.17) is 5.73 Å². The molecule has 6 nitrogen and oxygen atoms in total. The Morgan fingerprint density at radius 3 is 2.35 bits per heavy atom. The molecule has 138 valence electrons. The molecule has 0 spiro atoms. The highest BCUT2D eigenvalue weighted by atomic mass is 16.2. The van der Waals surface area contributed by atoms with Crippen LogP contribution in [0.2, 0.25) is 0 Å². The lowest BCUT2D eigenvalue weighted by atomic mass is 10.1. The average molecular weight is 354 g/mol. The molecule has 26 heavy (non-hydrogen) atoms. The maximum absolute atomic E-state index is 13.1. The fourth-order valence-electron chi connectivity index (χ4n) is 2.63. The van der Waals surface area contributed by atoms with Gasteiger partial charge >= 0.3 is 6.03 Å². The first kappa shape index (κ1) is 19.4. The predicted octanol–water partition coefficient (Wildman–Crippen LogP) is 3.43. The molecule has 0 atom stereocenters. The maximum Gasteiger partial charge on any atom is 0.325 e. The van der Waals surface area contributed by atoms with Crippen LogP contribution < -0.4 is 10.6 Å². The molecule has 1 aromatic heterocycles. The standard InChI is InChI=1S/C20H26N4O2/c1-3-5-14-23(4-2)20(26)24(18-8-6-7-13-22-18)15-16-9-11-17(12-10-16)19(21)25/h6-13H,3-5,14-15H2,1-2H3,(H2,21,25). The first-order valence-electron chi connectivity index (χ1n) is 8.93. The molecule has 0 aliphatic heterocycles. The van der Waals surface area contributed by atoms with Crippen molar-refractivity contribution in [2.45, 2.75) is 33.2 Å². The highest BCUT2D eigenvalue weighted by molar-refractivity contribution is 5.93. The summed E-state index contributed by atoms with van der Waals surface area (Å²) in [5.41, 5.74) is 6.64. The molecule has 0 aliphatic rings. The number of primary amides is 1. The van der Waals surface area contributed by atoms with Crippen LogP contribution in [-0.2, 0) is 6.54 Å². The van der Waals surface area contributed by atoms with E-state index in [-0.39, 0.29) is 6.03 Å². The number of pyridine rings is 1. The van der Waals surface area contributed by atoms with Crippen molar-refractivity contribution in [2.75, 3.05) is 18.0 Å². The Balaban J connectivity index is 2.26. The van der Waals surface area contributed by atoms with Crippen LogP contribution in [0.3, 0.4) is 0 Å². The molecule has 0 unspecified atom stereocenters. The lowest BCUT2D eigenvalue weighted by Gasteiger charge is -2.29. The number of benzene rings is 1. The summed E-state index contributed by atoms with van der Waals surface area (Å²) < 4.78 is 0. The number of urea groups is 1. The summed E-state index contributed by atoms with van der Waals surface area (Å²) in [7, 11) is 0. The van der Waals surface area contributed by atoms with E-state index in [0.717, 1.165) is 24.9 Å². The van der Waals surface area contributed by atoms with Gasteiger partial charge in [0.1, 0.15) is 5.82 Å². The number of rotatable bonds is 8. The molecule has 0 fully saturated rings. The highest BCUT2D eigenvalue weighted by Gasteiger charge is 2.22. The second-order valence-corrected chi connectivity index (χ2v) is 6.05. The van der Waals surface area contributed by atoms with Gasteiger partial charge < -0.3 is 10.6 Å². The lowest BCUT2D eigenvalue weighted by Crippen LogP contribution is -2.43. The van der Waals surface area contributed by atoms with Gasteiger partial charge in [-0.25, -0.2) is 9.78 Å². The van der Waals surface area contributed by atoms with Gasteiger partial charge in [0.05, 0.1) is 6.54 Å². The van der Waals surface area contributed by atoms with E-state index in [9.17, 15) is 9.59 Å². The Kier molecular flexibility index (Phi) is 7.14. The average Bonchev–Trinajstić information content (AvgIpc) is 2.67. The van der Waals surface area contributed by atoms with Gasteiger partial charge in [-0.05, 0) is 43.2 Å². The molecule has 1 aromatic carbocycles. The number of aromatic nitrogens is 1. The minimum atomic E-state index is -0.467. The third-order valence-electron chi connectivity index (χ3n) is 4.17. The molecule has 0 aliphatic carbocycles. The molecular formula is C20H26N4O2. The summed E-state index contributed by atoms with van der Waals surface area (Å²) in [5.74, 6) is 0.136. The normalized spacial score (nSPS) is 10.4. The van der Waals surface area contributed by atoms with Crippen LogP contribution in [0, 0.1) is 0 Å². The smallest absolute Gasteiger partial charge is 0.325 e. The van der Waals surface area contributed by atoms with Crippen molar-refractivity contribution in [1.82, 2.24) is 9.88 Å². The van der Waals surface area contributed by atoms with Crippen LogP contribution >= 0.6 is 0 Å². The van der Waals surface area contributed by atoms with Crippen LogP contribution in [-0.4, -0.2) is 34.9 Å². The number of nitrogens with two attached hydrogens (primary N) is 1. The van der Waals surface area contributed by atoms with Gasteiger partial charge in [0.2, 0.25) is 5.91 Å². The monoisotopic (exact) mass is 354 g/mol. The van der Waals surface area contributed by atoms with E-state index in [1.807, 2.05) is 42.2 Å². The summed E-state index contributed by atoms with van der Waals surface area (Å²) in [5, 5.41) is 0. The Morgan fingerprint density at radius 2 is 1.81 bits per heavy atom. The minimum Gasteiger partial charge on any atom is -0.366 e. The van der Waals surface area contributed by atoms with Crippen molar-refractivity contribution in [1.29, 1.82) is 0 Å². The van der Waals surface area contributed by atoms with Crippen molar-refractivity contribution in [3.05, 3.63) is 59.8 Å². The van der Waals surface area contributed by atoms with E-state index in [0.29, 0.717) is 24.5 Å². The molecule has 3 amide bonds. The number of carbonyl (C=O) groups excluding carboxylic acids is 2. The largest absolute Gasteiger partial charge is 0.366 e.